The minimum atomic E-state index is -0.519. The number of imide groups is 1. The molecule has 3 amide bonds. The summed E-state index contributed by atoms with van der Waals surface area (Å²) < 4.78 is 1.82. The van der Waals surface area contributed by atoms with Gasteiger partial charge in [-0.2, -0.15) is 5.10 Å². The van der Waals surface area contributed by atoms with E-state index in [-0.39, 0.29) is 18.6 Å². The fourth-order valence-electron chi connectivity index (χ4n) is 3.66. The predicted octanol–water partition coefficient (Wildman–Crippen LogP) is 3.43. The average molecular weight is 403 g/mol. The number of urea groups is 1. The Balaban J connectivity index is 1.43. The van der Waals surface area contributed by atoms with Crippen molar-refractivity contribution in [2.24, 2.45) is 0 Å². The first kappa shape index (κ1) is 19.8. The lowest BCUT2D eigenvalue weighted by molar-refractivity contribution is -0.128. The van der Waals surface area contributed by atoms with Gasteiger partial charge in [-0.3, -0.25) is 14.6 Å². The summed E-state index contributed by atoms with van der Waals surface area (Å²) in [4.78, 5) is 30.5. The summed E-state index contributed by atoms with van der Waals surface area (Å²) in [7, 11) is 1.89. The van der Waals surface area contributed by atoms with E-state index in [1.807, 2.05) is 84.3 Å². The lowest BCUT2D eigenvalue weighted by Crippen LogP contribution is -2.40. The van der Waals surface area contributed by atoms with Gasteiger partial charge in [-0.05, 0) is 45.2 Å². The van der Waals surface area contributed by atoms with Gasteiger partial charge in [0.1, 0.15) is 6.04 Å². The van der Waals surface area contributed by atoms with E-state index in [2.05, 4.69) is 5.10 Å². The molecule has 7 nitrogen and oxygen atoms in total. The molecule has 4 rings (SSSR count). The van der Waals surface area contributed by atoms with Crippen LogP contribution in [0.4, 0.5) is 10.5 Å². The molecule has 0 unspecified atom stereocenters. The van der Waals surface area contributed by atoms with Crippen molar-refractivity contribution in [3.05, 3.63) is 78.1 Å². The van der Waals surface area contributed by atoms with E-state index in [4.69, 9.17) is 0 Å². The fraction of sp³-hybridized carbons (Fsp3) is 0.261. The van der Waals surface area contributed by atoms with Crippen LogP contribution >= 0.6 is 0 Å². The molecule has 7 heteroatoms. The van der Waals surface area contributed by atoms with Gasteiger partial charge in [0.25, 0.3) is 5.91 Å². The summed E-state index contributed by atoms with van der Waals surface area (Å²) in [6.45, 7) is 4.55. The number of carbonyl (C=O) groups is 2. The average Bonchev–Trinajstić information content (AvgIpc) is 3.29. The number of aromatic nitrogens is 2. The standard InChI is InChI=1S/C23H25N5O2/c1-17-9-11-21(12-10-17)28-18(2)22(29)26(23(28)30)16-25(3)14-19-13-24-27(15-19)20-7-5-4-6-8-20/h4-13,15,18H,14,16H2,1-3H3/t18-/m0/s1. The van der Waals surface area contributed by atoms with Crippen molar-refractivity contribution in [1.82, 2.24) is 19.6 Å². The van der Waals surface area contributed by atoms with Crippen LogP contribution in [-0.4, -0.2) is 51.3 Å². The number of anilines is 1. The van der Waals surface area contributed by atoms with Crippen molar-refractivity contribution in [1.29, 1.82) is 0 Å². The van der Waals surface area contributed by atoms with E-state index in [9.17, 15) is 9.59 Å². The zero-order valence-corrected chi connectivity index (χ0v) is 17.4. The SMILES string of the molecule is Cc1ccc(N2C(=O)N(CN(C)Cc3cnn(-c4ccccc4)c3)C(=O)[C@@H]2C)cc1. The zero-order valence-electron chi connectivity index (χ0n) is 17.4. The second-order valence-electron chi connectivity index (χ2n) is 7.71. The quantitative estimate of drug-likeness (QED) is 0.592. The number of carbonyl (C=O) groups excluding carboxylic acids is 2. The Labute approximate surface area is 176 Å². The molecule has 3 aromatic rings. The molecular weight excluding hydrogens is 378 g/mol. The molecule has 0 N–H and O–H groups in total. The zero-order chi connectivity index (χ0) is 21.3. The summed E-state index contributed by atoms with van der Waals surface area (Å²) in [5.74, 6) is -0.188. The highest BCUT2D eigenvalue weighted by Gasteiger charge is 2.43. The Morgan fingerprint density at radius 1 is 1.00 bits per heavy atom. The van der Waals surface area contributed by atoms with Crippen molar-refractivity contribution < 1.29 is 9.59 Å². The third-order valence-corrected chi connectivity index (χ3v) is 5.25. The van der Waals surface area contributed by atoms with Gasteiger partial charge in [0.2, 0.25) is 0 Å². The smallest absolute Gasteiger partial charge is 0.284 e. The molecule has 0 saturated carbocycles. The minimum Gasteiger partial charge on any atom is -0.284 e. The Bertz CT molecular complexity index is 1040. The van der Waals surface area contributed by atoms with E-state index < -0.39 is 6.04 Å². The van der Waals surface area contributed by atoms with E-state index in [0.717, 1.165) is 22.5 Å². The Kier molecular flexibility index (Phi) is 5.37. The highest BCUT2D eigenvalue weighted by molar-refractivity contribution is 6.14. The van der Waals surface area contributed by atoms with Gasteiger partial charge in [0, 0.05) is 24.0 Å². The van der Waals surface area contributed by atoms with Crippen molar-refractivity contribution in [2.75, 3.05) is 18.6 Å². The molecule has 2 aromatic carbocycles. The Morgan fingerprint density at radius 2 is 1.70 bits per heavy atom. The number of para-hydroxylation sites is 1. The van der Waals surface area contributed by atoms with Crippen molar-refractivity contribution >= 4 is 17.6 Å². The van der Waals surface area contributed by atoms with Gasteiger partial charge < -0.3 is 0 Å². The number of nitrogens with zero attached hydrogens (tertiary/aromatic N) is 5. The third kappa shape index (κ3) is 3.84. The van der Waals surface area contributed by atoms with Crippen molar-refractivity contribution in [2.45, 2.75) is 26.4 Å². The summed E-state index contributed by atoms with van der Waals surface area (Å²) in [5, 5.41) is 4.41. The van der Waals surface area contributed by atoms with E-state index in [1.54, 1.807) is 18.0 Å². The van der Waals surface area contributed by atoms with Gasteiger partial charge >= 0.3 is 6.03 Å². The first-order valence-corrected chi connectivity index (χ1v) is 9.93. The van der Waals surface area contributed by atoms with Gasteiger partial charge in [-0.15, -0.1) is 0 Å². The topological polar surface area (TPSA) is 61.7 Å². The first-order chi connectivity index (χ1) is 14.4. The van der Waals surface area contributed by atoms with Crippen LogP contribution in [0.15, 0.2) is 67.0 Å². The van der Waals surface area contributed by atoms with Crippen LogP contribution in [0.25, 0.3) is 5.69 Å². The molecule has 0 aliphatic carbocycles. The molecule has 1 aliphatic heterocycles. The van der Waals surface area contributed by atoms with E-state index >= 15 is 0 Å². The number of hydrogen-bond acceptors (Lipinski definition) is 4. The second-order valence-corrected chi connectivity index (χ2v) is 7.71. The number of rotatable bonds is 6. The maximum absolute atomic E-state index is 13.0. The summed E-state index contributed by atoms with van der Waals surface area (Å²) in [6, 6.07) is 16.7. The molecule has 1 atom stereocenters. The van der Waals surface area contributed by atoms with Gasteiger partial charge in [-0.25, -0.2) is 14.4 Å². The number of aryl methyl sites for hydroxylation is 1. The maximum atomic E-state index is 13.0. The van der Waals surface area contributed by atoms with Gasteiger partial charge in [-0.1, -0.05) is 35.9 Å². The van der Waals surface area contributed by atoms with Crippen LogP contribution < -0.4 is 4.90 Å². The van der Waals surface area contributed by atoms with Crippen LogP contribution in [0.5, 0.6) is 0 Å². The Morgan fingerprint density at radius 3 is 2.40 bits per heavy atom. The van der Waals surface area contributed by atoms with Gasteiger partial charge in [0.15, 0.2) is 0 Å². The maximum Gasteiger partial charge on any atom is 0.333 e. The molecule has 2 heterocycles. The minimum absolute atomic E-state index is 0.188. The summed E-state index contributed by atoms with van der Waals surface area (Å²) in [6.07, 6.45) is 3.76. The second kappa shape index (κ2) is 8.12. The van der Waals surface area contributed by atoms with Crippen LogP contribution in [0.3, 0.4) is 0 Å². The summed E-state index contributed by atoms with van der Waals surface area (Å²) >= 11 is 0. The summed E-state index contributed by atoms with van der Waals surface area (Å²) in [5.41, 5.74) is 3.83. The number of benzene rings is 2. The van der Waals surface area contributed by atoms with Crippen molar-refractivity contribution in [3.8, 4) is 5.69 Å². The molecule has 0 radical (unpaired) electrons. The third-order valence-electron chi connectivity index (χ3n) is 5.25. The highest BCUT2D eigenvalue weighted by atomic mass is 16.2. The van der Waals surface area contributed by atoms with Crippen molar-refractivity contribution in [3.63, 3.8) is 0 Å². The first-order valence-electron chi connectivity index (χ1n) is 9.93. The lowest BCUT2D eigenvalue weighted by atomic mass is 10.2. The van der Waals surface area contributed by atoms with Crippen LogP contribution in [-0.2, 0) is 11.3 Å². The van der Waals surface area contributed by atoms with Crippen LogP contribution in [0, 0.1) is 6.92 Å². The molecule has 154 valence electrons. The molecular formula is C23H25N5O2. The molecule has 0 spiro atoms. The molecule has 1 aliphatic rings. The Hall–Kier alpha value is -3.45. The normalized spacial score (nSPS) is 16.7. The predicted molar refractivity (Wildman–Crippen MR) is 115 cm³/mol. The molecule has 1 fully saturated rings. The van der Waals surface area contributed by atoms with E-state index in [0.29, 0.717) is 6.54 Å². The fourth-order valence-corrected chi connectivity index (χ4v) is 3.66. The van der Waals surface area contributed by atoms with Crippen LogP contribution in [0.2, 0.25) is 0 Å². The number of amides is 3. The highest BCUT2D eigenvalue weighted by Crippen LogP contribution is 2.26. The van der Waals surface area contributed by atoms with E-state index in [1.165, 1.54) is 4.90 Å². The largest absolute Gasteiger partial charge is 0.333 e. The van der Waals surface area contributed by atoms with Crippen LogP contribution in [0.1, 0.15) is 18.1 Å². The molecule has 30 heavy (non-hydrogen) atoms. The molecule has 1 saturated heterocycles. The van der Waals surface area contributed by atoms with Gasteiger partial charge in [0.05, 0.1) is 18.6 Å². The molecule has 1 aromatic heterocycles. The number of hydrogen-bond donors (Lipinski definition) is 0. The molecule has 0 bridgehead atoms. The lowest BCUT2D eigenvalue weighted by Gasteiger charge is -2.23. The monoisotopic (exact) mass is 403 g/mol.